The van der Waals surface area contributed by atoms with Gasteiger partial charge >= 0.3 is 5.97 Å². The normalized spacial score (nSPS) is 10.5. The summed E-state index contributed by atoms with van der Waals surface area (Å²) in [5.41, 5.74) is 2.51. The Labute approximate surface area is 133 Å². The molecule has 0 amide bonds. The number of hydrogen-bond acceptors (Lipinski definition) is 5. The highest BCUT2D eigenvalue weighted by Crippen LogP contribution is 2.10. The highest BCUT2D eigenvalue weighted by molar-refractivity contribution is 5.89. The minimum atomic E-state index is -0.393. The van der Waals surface area contributed by atoms with Gasteiger partial charge in [0.25, 0.3) is 0 Å². The van der Waals surface area contributed by atoms with Crippen LogP contribution in [0.2, 0.25) is 0 Å². The van der Waals surface area contributed by atoms with Crippen molar-refractivity contribution in [3.8, 4) is 5.69 Å². The van der Waals surface area contributed by atoms with Crippen LogP contribution >= 0.6 is 0 Å². The topological polar surface area (TPSA) is 69.9 Å². The smallest absolute Gasteiger partial charge is 0.338 e. The first-order chi connectivity index (χ1) is 11.3. The van der Waals surface area contributed by atoms with Crippen LogP contribution in [-0.4, -0.2) is 26.2 Å². The van der Waals surface area contributed by atoms with Crippen LogP contribution in [0.3, 0.4) is 0 Å². The van der Waals surface area contributed by atoms with Crippen molar-refractivity contribution in [2.45, 2.75) is 20.0 Å². The zero-order chi connectivity index (χ0) is 16.1. The predicted molar refractivity (Wildman–Crippen MR) is 84.1 cm³/mol. The summed E-state index contributed by atoms with van der Waals surface area (Å²) in [6.45, 7) is 2.08. The summed E-state index contributed by atoms with van der Waals surface area (Å²) in [6.07, 6.45) is 0.932. The Balaban J connectivity index is 1.69. The molecule has 1 heterocycles. The van der Waals surface area contributed by atoms with Gasteiger partial charge in [0, 0.05) is 0 Å². The predicted octanol–water partition coefficient (Wildman–Crippen LogP) is 2.58. The van der Waals surface area contributed by atoms with Gasteiger partial charge in [-0.25, -0.2) is 4.79 Å². The van der Waals surface area contributed by atoms with Gasteiger partial charge in [0.15, 0.2) is 12.4 Å². The lowest BCUT2D eigenvalue weighted by molar-refractivity contribution is 0.0459. The van der Waals surface area contributed by atoms with Gasteiger partial charge in [0.1, 0.15) is 0 Å². The second-order valence-corrected chi connectivity index (χ2v) is 4.97. The molecule has 0 aliphatic rings. The highest BCUT2D eigenvalue weighted by atomic mass is 16.5. The van der Waals surface area contributed by atoms with Crippen LogP contribution in [0.15, 0.2) is 54.6 Å². The molecule has 0 atom stereocenters. The lowest BCUT2D eigenvalue weighted by atomic mass is 10.1. The maximum Gasteiger partial charge on any atom is 0.338 e. The fourth-order valence-electron chi connectivity index (χ4n) is 2.16. The summed E-state index contributed by atoms with van der Waals surface area (Å²) in [5.74, 6) is 0.0741. The summed E-state index contributed by atoms with van der Waals surface area (Å²) in [5, 5.41) is 11.5. The Hall–Kier alpha value is -3.02. The molecule has 2 aromatic carbocycles. The molecule has 1 aromatic heterocycles. The average Bonchev–Trinajstić information content (AvgIpc) is 3.09. The van der Waals surface area contributed by atoms with Gasteiger partial charge in [-0.05, 0) is 46.7 Å². The molecule has 23 heavy (non-hydrogen) atoms. The lowest BCUT2D eigenvalue weighted by Crippen LogP contribution is -2.10. The molecular formula is C17H16N4O2. The molecular weight excluding hydrogens is 292 g/mol. The second kappa shape index (κ2) is 6.83. The number of aryl methyl sites for hydroxylation is 1. The first kappa shape index (κ1) is 14.9. The minimum absolute atomic E-state index is 0.0102. The van der Waals surface area contributed by atoms with Crippen LogP contribution in [0.4, 0.5) is 0 Å². The fourth-order valence-corrected chi connectivity index (χ4v) is 2.16. The van der Waals surface area contributed by atoms with Gasteiger partial charge < -0.3 is 4.74 Å². The van der Waals surface area contributed by atoms with Gasteiger partial charge in [-0.15, -0.1) is 5.10 Å². The fraction of sp³-hybridized carbons (Fsp3) is 0.176. The van der Waals surface area contributed by atoms with E-state index in [1.807, 2.05) is 42.5 Å². The van der Waals surface area contributed by atoms with Crippen LogP contribution in [0.1, 0.15) is 28.7 Å². The molecule has 0 spiro atoms. The van der Waals surface area contributed by atoms with Crippen molar-refractivity contribution in [1.29, 1.82) is 0 Å². The van der Waals surface area contributed by atoms with Gasteiger partial charge in [0.05, 0.1) is 11.3 Å². The number of hydrogen-bond donors (Lipinski definition) is 0. The molecule has 3 rings (SSSR count). The number of carbonyl (C=O) groups excluding carboxylic acids is 1. The van der Waals surface area contributed by atoms with Crippen molar-refractivity contribution in [2.24, 2.45) is 0 Å². The van der Waals surface area contributed by atoms with E-state index in [0.717, 1.165) is 12.1 Å². The number of esters is 1. The largest absolute Gasteiger partial charge is 0.454 e. The van der Waals surface area contributed by atoms with Gasteiger partial charge in [-0.2, -0.15) is 4.68 Å². The van der Waals surface area contributed by atoms with Crippen LogP contribution in [0.25, 0.3) is 5.69 Å². The molecule has 6 heteroatoms. The molecule has 116 valence electrons. The van der Waals surface area contributed by atoms with E-state index in [-0.39, 0.29) is 6.61 Å². The van der Waals surface area contributed by atoms with Crippen molar-refractivity contribution in [3.63, 3.8) is 0 Å². The standard InChI is InChI=1S/C17H16N4O2/c1-2-13-8-10-14(11-9-13)17(22)23-12-16-18-19-20-21(16)15-6-4-3-5-7-15/h3-11H,2,12H2,1H3. The molecule has 0 fully saturated rings. The van der Waals surface area contributed by atoms with E-state index in [2.05, 4.69) is 22.4 Å². The Kier molecular flexibility index (Phi) is 4.42. The Morgan fingerprint density at radius 3 is 2.52 bits per heavy atom. The Morgan fingerprint density at radius 1 is 1.09 bits per heavy atom. The summed E-state index contributed by atoms with van der Waals surface area (Å²) in [7, 11) is 0. The van der Waals surface area contributed by atoms with Gasteiger partial charge in [-0.1, -0.05) is 37.3 Å². The number of benzene rings is 2. The molecule has 0 bridgehead atoms. The van der Waals surface area contributed by atoms with E-state index in [1.165, 1.54) is 5.56 Å². The number of ether oxygens (including phenoxy) is 1. The SMILES string of the molecule is CCc1ccc(C(=O)OCc2nnnn2-c2ccccc2)cc1. The summed E-state index contributed by atoms with van der Waals surface area (Å²) in [4.78, 5) is 12.1. The van der Waals surface area contributed by atoms with Gasteiger partial charge in [0.2, 0.25) is 0 Å². The van der Waals surface area contributed by atoms with Gasteiger partial charge in [-0.3, -0.25) is 0 Å². The average molecular weight is 308 g/mol. The van der Waals surface area contributed by atoms with Crippen LogP contribution in [0.5, 0.6) is 0 Å². The van der Waals surface area contributed by atoms with E-state index in [1.54, 1.807) is 16.8 Å². The maximum absolute atomic E-state index is 12.1. The van der Waals surface area contributed by atoms with Crippen molar-refractivity contribution in [3.05, 3.63) is 71.5 Å². The molecule has 0 N–H and O–H groups in total. The minimum Gasteiger partial charge on any atom is -0.454 e. The third-order valence-electron chi connectivity index (χ3n) is 3.47. The van der Waals surface area contributed by atoms with Crippen molar-refractivity contribution >= 4 is 5.97 Å². The number of tetrazole rings is 1. The summed E-state index contributed by atoms with van der Waals surface area (Å²) < 4.78 is 6.85. The second-order valence-electron chi connectivity index (χ2n) is 4.97. The van der Waals surface area contributed by atoms with E-state index in [9.17, 15) is 4.79 Å². The number of nitrogens with zero attached hydrogens (tertiary/aromatic N) is 4. The number of aromatic nitrogens is 4. The van der Waals surface area contributed by atoms with E-state index in [4.69, 9.17) is 4.74 Å². The number of para-hydroxylation sites is 1. The molecule has 0 saturated carbocycles. The third kappa shape index (κ3) is 3.42. The van der Waals surface area contributed by atoms with Crippen molar-refractivity contribution in [1.82, 2.24) is 20.2 Å². The monoisotopic (exact) mass is 308 g/mol. The first-order valence-corrected chi connectivity index (χ1v) is 7.36. The lowest BCUT2D eigenvalue weighted by Gasteiger charge is -2.06. The molecule has 3 aromatic rings. The van der Waals surface area contributed by atoms with E-state index in [0.29, 0.717) is 11.4 Å². The molecule has 0 aliphatic heterocycles. The molecule has 0 unspecified atom stereocenters. The van der Waals surface area contributed by atoms with E-state index < -0.39 is 5.97 Å². The molecule has 0 radical (unpaired) electrons. The first-order valence-electron chi connectivity index (χ1n) is 7.36. The Bertz CT molecular complexity index is 782. The highest BCUT2D eigenvalue weighted by Gasteiger charge is 2.12. The van der Waals surface area contributed by atoms with Crippen molar-refractivity contribution in [2.75, 3.05) is 0 Å². The van der Waals surface area contributed by atoms with Crippen LogP contribution in [0, 0.1) is 0 Å². The van der Waals surface area contributed by atoms with Crippen molar-refractivity contribution < 1.29 is 9.53 Å². The summed E-state index contributed by atoms with van der Waals surface area (Å²) >= 11 is 0. The number of carbonyl (C=O) groups is 1. The quantitative estimate of drug-likeness (QED) is 0.678. The Morgan fingerprint density at radius 2 is 1.83 bits per heavy atom. The molecule has 0 saturated heterocycles. The summed E-state index contributed by atoms with van der Waals surface area (Å²) in [6, 6.07) is 16.8. The maximum atomic E-state index is 12.1. The zero-order valence-corrected chi connectivity index (χ0v) is 12.7. The van der Waals surface area contributed by atoms with Crippen LogP contribution < -0.4 is 0 Å². The molecule has 6 nitrogen and oxygen atoms in total. The molecule has 0 aliphatic carbocycles. The third-order valence-corrected chi connectivity index (χ3v) is 3.47. The zero-order valence-electron chi connectivity index (χ0n) is 12.7. The van der Waals surface area contributed by atoms with Crippen LogP contribution in [-0.2, 0) is 17.8 Å². The number of rotatable bonds is 5. The van der Waals surface area contributed by atoms with E-state index >= 15 is 0 Å².